The number of fused-ring (bicyclic) bond motifs is 4. The summed E-state index contributed by atoms with van der Waals surface area (Å²) in [7, 11) is 0. The minimum Gasteiger partial charge on any atom is -0.384 e. The molecule has 0 spiro atoms. The van der Waals surface area contributed by atoms with Crippen LogP contribution in [0.5, 0.6) is 0 Å². The molecule has 1 amide bonds. The van der Waals surface area contributed by atoms with Crippen LogP contribution in [0.25, 0.3) is 16.8 Å². The van der Waals surface area contributed by atoms with Crippen LogP contribution in [-0.4, -0.2) is 52.7 Å². The summed E-state index contributed by atoms with van der Waals surface area (Å²) < 4.78 is 1.70. The summed E-state index contributed by atoms with van der Waals surface area (Å²) in [5.74, 6) is 1.04. The van der Waals surface area contributed by atoms with Gasteiger partial charge in [0.1, 0.15) is 12.1 Å². The number of nitrogens with zero attached hydrogens (tertiary/aromatic N) is 6. The Hall–Kier alpha value is -3.99. The highest BCUT2D eigenvalue weighted by molar-refractivity contribution is 5.91. The molecule has 7 rings (SSSR count). The number of hydrogen-bond donors (Lipinski definition) is 4. The molecule has 1 aromatic carbocycles. The first-order valence-electron chi connectivity index (χ1n) is 11.6. The average molecular weight is 457 g/mol. The Morgan fingerprint density at radius 3 is 2.79 bits per heavy atom. The number of aromatic nitrogens is 6. The van der Waals surface area contributed by atoms with E-state index in [1.807, 2.05) is 17.2 Å². The molecule has 2 bridgehead atoms. The number of H-pyrrole nitrogens is 1. The van der Waals surface area contributed by atoms with Crippen LogP contribution >= 0.6 is 0 Å². The van der Waals surface area contributed by atoms with Gasteiger partial charge in [-0.25, -0.2) is 15.4 Å². The van der Waals surface area contributed by atoms with Crippen LogP contribution in [-0.2, 0) is 6.54 Å². The van der Waals surface area contributed by atoms with E-state index in [-0.39, 0.29) is 23.9 Å². The fraction of sp³-hybridized carbons (Fsp3) is 0.348. The van der Waals surface area contributed by atoms with Crippen LogP contribution in [0, 0.1) is 0 Å². The van der Waals surface area contributed by atoms with Gasteiger partial charge in [0, 0.05) is 41.9 Å². The van der Waals surface area contributed by atoms with Crippen molar-refractivity contribution in [3.8, 4) is 11.1 Å². The first kappa shape index (κ1) is 19.5. The molecular weight excluding hydrogens is 432 g/mol. The summed E-state index contributed by atoms with van der Waals surface area (Å²) in [6, 6.07) is 8.61. The van der Waals surface area contributed by atoms with E-state index in [1.165, 1.54) is 11.9 Å². The second kappa shape index (κ2) is 7.26. The Morgan fingerprint density at radius 2 is 2.00 bits per heavy atom. The van der Waals surface area contributed by atoms with E-state index in [1.54, 1.807) is 4.52 Å². The first-order chi connectivity index (χ1) is 16.7. The monoisotopic (exact) mass is 456 g/mol. The smallest absolute Gasteiger partial charge is 0.291 e. The molecule has 11 heteroatoms. The number of nitrogens with one attached hydrogen (secondary N) is 3. The third-order valence-electron chi connectivity index (χ3n) is 7.45. The van der Waals surface area contributed by atoms with Gasteiger partial charge in [0.05, 0.1) is 11.9 Å². The van der Waals surface area contributed by atoms with Crippen molar-refractivity contribution in [3.63, 3.8) is 0 Å². The quantitative estimate of drug-likeness (QED) is 0.367. The van der Waals surface area contributed by atoms with Crippen LogP contribution in [0.2, 0.25) is 0 Å². The summed E-state index contributed by atoms with van der Waals surface area (Å²) >= 11 is 0. The van der Waals surface area contributed by atoms with E-state index in [9.17, 15) is 4.79 Å². The molecule has 11 nitrogen and oxygen atoms in total. The Bertz CT molecular complexity index is 1400. The van der Waals surface area contributed by atoms with Crippen molar-refractivity contribution in [1.29, 1.82) is 0 Å². The molecule has 2 fully saturated rings. The van der Waals surface area contributed by atoms with Gasteiger partial charge in [-0.2, -0.15) is 14.7 Å². The fourth-order valence-electron chi connectivity index (χ4n) is 5.85. The molecule has 172 valence electrons. The van der Waals surface area contributed by atoms with Crippen LogP contribution in [0.4, 0.5) is 11.5 Å². The molecule has 0 radical (unpaired) electrons. The Balaban J connectivity index is 1.22. The minimum absolute atomic E-state index is 0.0656. The molecule has 0 saturated carbocycles. The lowest BCUT2D eigenvalue weighted by molar-refractivity contribution is 0.0557. The average Bonchev–Trinajstić information content (AvgIpc) is 3.64. The number of hydrogen-bond acceptors (Lipinski definition) is 8. The van der Waals surface area contributed by atoms with Crippen LogP contribution in [0.3, 0.4) is 0 Å². The number of hydrazine groups is 1. The predicted octanol–water partition coefficient (Wildman–Crippen LogP) is 2.08. The lowest BCUT2D eigenvalue weighted by Gasteiger charge is -2.38. The molecule has 0 unspecified atom stereocenters. The summed E-state index contributed by atoms with van der Waals surface area (Å²) in [4.78, 5) is 24.1. The van der Waals surface area contributed by atoms with Crippen LogP contribution in [0.1, 0.15) is 53.5 Å². The highest BCUT2D eigenvalue weighted by Gasteiger charge is 2.45. The van der Waals surface area contributed by atoms with E-state index in [0.717, 1.165) is 60.4 Å². The van der Waals surface area contributed by atoms with Crippen LogP contribution in [0.15, 0.2) is 36.8 Å². The summed E-state index contributed by atoms with van der Waals surface area (Å²) in [6.45, 7) is 0.805. The zero-order valence-corrected chi connectivity index (χ0v) is 18.4. The van der Waals surface area contributed by atoms with Gasteiger partial charge in [0.15, 0.2) is 5.65 Å². The first-order valence-corrected chi connectivity index (χ1v) is 11.6. The number of nitrogen functional groups attached to an aromatic ring is 1. The molecule has 4 aromatic rings. The molecular formula is C23H24N10O. The number of aromatic amines is 1. The van der Waals surface area contributed by atoms with E-state index in [4.69, 9.17) is 10.7 Å². The Kier molecular flexibility index (Phi) is 4.16. The zero-order chi connectivity index (χ0) is 22.8. The number of piperidine rings is 1. The molecule has 0 aliphatic carbocycles. The number of rotatable bonds is 3. The normalized spacial score (nSPS) is 23.3. The van der Waals surface area contributed by atoms with E-state index < -0.39 is 0 Å². The fourth-order valence-corrected chi connectivity index (χ4v) is 5.85. The highest BCUT2D eigenvalue weighted by Crippen LogP contribution is 2.43. The van der Waals surface area contributed by atoms with E-state index in [0.29, 0.717) is 11.6 Å². The predicted molar refractivity (Wildman–Crippen MR) is 125 cm³/mol. The van der Waals surface area contributed by atoms with Gasteiger partial charge >= 0.3 is 0 Å². The lowest BCUT2D eigenvalue weighted by Crippen LogP contribution is -2.46. The van der Waals surface area contributed by atoms with Crippen LogP contribution < -0.4 is 16.6 Å². The van der Waals surface area contributed by atoms with Gasteiger partial charge in [0.2, 0.25) is 5.82 Å². The minimum atomic E-state index is -0.0656. The third-order valence-corrected chi connectivity index (χ3v) is 7.45. The maximum atomic E-state index is 13.0. The van der Waals surface area contributed by atoms with E-state index in [2.05, 4.69) is 49.3 Å². The number of nitrogens with two attached hydrogens (primary N) is 1. The SMILES string of the molecule is Nc1cc([C@@H]2C[C@H]3CC[C@@H](C2)N3C(=O)c2ncn[nH]2)nc2c(-c3ccc4c(c3)NNC4)cnn12. The van der Waals surface area contributed by atoms with Gasteiger partial charge in [-0.3, -0.25) is 9.89 Å². The molecule has 2 saturated heterocycles. The van der Waals surface area contributed by atoms with Crippen molar-refractivity contribution >= 4 is 23.1 Å². The molecule has 3 atom stereocenters. The third kappa shape index (κ3) is 2.90. The van der Waals surface area contributed by atoms with Crippen molar-refractivity contribution in [2.45, 2.75) is 50.2 Å². The lowest BCUT2D eigenvalue weighted by atomic mass is 9.87. The Morgan fingerprint density at radius 1 is 1.15 bits per heavy atom. The Labute approximate surface area is 194 Å². The maximum absolute atomic E-state index is 13.0. The van der Waals surface area contributed by atoms with Crippen molar-refractivity contribution in [3.05, 3.63) is 53.9 Å². The zero-order valence-electron chi connectivity index (χ0n) is 18.4. The number of anilines is 2. The maximum Gasteiger partial charge on any atom is 0.291 e. The highest BCUT2D eigenvalue weighted by atomic mass is 16.2. The second-order valence-corrected chi connectivity index (χ2v) is 9.35. The van der Waals surface area contributed by atoms with Crippen molar-refractivity contribution in [1.82, 2.24) is 40.1 Å². The van der Waals surface area contributed by atoms with E-state index >= 15 is 0 Å². The van der Waals surface area contributed by atoms with Gasteiger partial charge in [-0.15, -0.1) is 0 Å². The van der Waals surface area contributed by atoms with Gasteiger partial charge < -0.3 is 16.1 Å². The number of benzene rings is 1. The van der Waals surface area contributed by atoms with Gasteiger partial charge in [0.25, 0.3) is 5.91 Å². The largest absolute Gasteiger partial charge is 0.384 e. The molecule has 6 heterocycles. The molecule has 3 aromatic heterocycles. The summed E-state index contributed by atoms with van der Waals surface area (Å²) in [6.07, 6.45) is 6.91. The topological polar surface area (TPSA) is 142 Å². The van der Waals surface area contributed by atoms with Crippen molar-refractivity contribution < 1.29 is 4.79 Å². The molecule has 3 aliphatic heterocycles. The molecule has 5 N–H and O–H groups in total. The molecule has 3 aliphatic rings. The van der Waals surface area contributed by atoms with Gasteiger partial charge in [-0.05, 0) is 42.9 Å². The summed E-state index contributed by atoms with van der Waals surface area (Å²) in [5, 5.41) is 11.0. The molecule has 34 heavy (non-hydrogen) atoms. The van der Waals surface area contributed by atoms with Crippen molar-refractivity contribution in [2.24, 2.45) is 0 Å². The number of carbonyl (C=O) groups excluding carboxylic acids is 1. The standard InChI is InChI=1S/C23H24N10O/c24-20-8-18(14-5-15-3-4-16(6-14)32(15)23(34)21-25-11-27-31-21)29-22-17(10-28-33(20)22)12-1-2-13-9-26-30-19(13)7-12/h1-2,7-8,10-11,14-16,26,30H,3-6,9,24H2,(H,25,27,31)/t14-,15-,16+. The van der Waals surface area contributed by atoms with Gasteiger partial charge in [-0.1, -0.05) is 12.1 Å². The second-order valence-electron chi connectivity index (χ2n) is 9.35. The van der Waals surface area contributed by atoms with Crippen molar-refractivity contribution in [2.75, 3.05) is 11.2 Å². The number of amides is 1. The number of carbonyl (C=O) groups is 1. The summed E-state index contributed by atoms with van der Waals surface area (Å²) in [5.41, 5.74) is 18.8.